The van der Waals surface area contributed by atoms with Crippen molar-refractivity contribution in [1.82, 2.24) is 0 Å². The van der Waals surface area contributed by atoms with Crippen LogP contribution in [-0.4, -0.2) is 14.3 Å². The van der Waals surface area contributed by atoms with Crippen LogP contribution < -0.4 is 10.0 Å². The molecule has 0 aromatic heterocycles. The van der Waals surface area contributed by atoms with Crippen molar-refractivity contribution in [2.24, 2.45) is 0 Å². The molecule has 3 aromatic rings. The number of benzene rings is 3. The molecule has 0 radical (unpaired) electrons. The van der Waals surface area contributed by atoms with Crippen LogP contribution in [0.2, 0.25) is 0 Å². The lowest BCUT2D eigenvalue weighted by atomic mass is 10.1. The number of carbonyl (C=O) groups is 1. The summed E-state index contributed by atoms with van der Waals surface area (Å²) in [4.78, 5) is 12.9. The minimum atomic E-state index is -3.75. The standard InChI is InChI=1S/C22H21BrN2O3S/c1-14-7-10-18(11-8-14)29(27,28)25-21-6-4-5-19(16(21)3)22(26)24-17-9-12-20(23)15(2)13-17/h4-13,25H,1-3H3,(H,24,26). The second kappa shape index (κ2) is 8.39. The maximum Gasteiger partial charge on any atom is 0.261 e. The third kappa shape index (κ3) is 4.86. The van der Waals surface area contributed by atoms with E-state index in [0.717, 1.165) is 15.6 Å². The quantitative estimate of drug-likeness (QED) is 0.519. The Hall–Kier alpha value is -2.64. The van der Waals surface area contributed by atoms with Gasteiger partial charge in [-0.3, -0.25) is 9.52 Å². The van der Waals surface area contributed by atoms with E-state index in [9.17, 15) is 13.2 Å². The molecular weight excluding hydrogens is 452 g/mol. The molecule has 0 heterocycles. The van der Waals surface area contributed by atoms with Crippen LogP contribution in [0.4, 0.5) is 11.4 Å². The van der Waals surface area contributed by atoms with Gasteiger partial charge in [-0.2, -0.15) is 0 Å². The van der Waals surface area contributed by atoms with E-state index in [1.165, 1.54) is 0 Å². The molecular formula is C22H21BrN2O3S. The Morgan fingerprint density at radius 2 is 1.62 bits per heavy atom. The highest BCUT2D eigenvalue weighted by Crippen LogP contribution is 2.25. The number of aryl methyl sites for hydroxylation is 2. The summed E-state index contributed by atoms with van der Waals surface area (Å²) in [6.07, 6.45) is 0. The number of rotatable bonds is 5. The Morgan fingerprint density at radius 1 is 0.931 bits per heavy atom. The summed E-state index contributed by atoms with van der Waals surface area (Å²) in [7, 11) is -3.75. The Balaban J connectivity index is 1.86. The van der Waals surface area contributed by atoms with E-state index in [0.29, 0.717) is 22.5 Å². The van der Waals surface area contributed by atoms with Crippen LogP contribution in [0.15, 0.2) is 70.0 Å². The summed E-state index contributed by atoms with van der Waals surface area (Å²) >= 11 is 3.43. The van der Waals surface area contributed by atoms with Crippen molar-refractivity contribution < 1.29 is 13.2 Å². The summed E-state index contributed by atoms with van der Waals surface area (Å²) in [6.45, 7) is 5.54. The van der Waals surface area contributed by atoms with E-state index in [4.69, 9.17) is 0 Å². The van der Waals surface area contributed by atoms with Gasteiger partial charge in [0.1, 0.15) is 0 Å². The van der Waals surface area contributed by atoms with Crippen LogP contribution in [-0.2, 0) is 10.0 Å². The number of sulfonamides is 1. The molecule has 3 aromatic carbocycles. The van der Waals surface area contributed by atoms with Gasteiger partial charge in [0.05, 0.1) is 10.6 Å². The minimum Gasteiger partial charge on any atom is -0.322 e. The molecule has 0 saturated heterocycles. The number of hydrogen-bond acceptors (Lipinski definition) is 3. The van der Waals surface area contributed by atoms with Crippen LogP contribution in [0, 0.1) is 20.8 Å². The van der Waals surface area contributed by atoms with Gasteiger partial charge in [-0.15, -0.1) is 0 Å². The van der Waals surface area contributed by atoms with Crippen molar-refractivity contribution in [1.29, 1.82) is 0 Å². The van der Waals surface area contributed by atoms with E-state index in [2.05, 4.69) is 26.0 Å². The number of hydrogen-bond donors (Lipinski definition) is 2. The van der Waals surface area contributed by atoms with Crippen LogP contribution >= 0.6 is 15.9 Å². The maximum atomic E-state index is 12.8. The summed E-state index contributed by atoms with van der Waals surface area (Å²) in [6, 6.07) is 17.1. The van der Waals surface area contributed by atoms with Gasteiger partial charge in [-0.1, -0.05) is 39.7 Å². The number of carbonyl (C=O) groups excluding carboxylic acids is 1. The van der Waals surface area contributed by atoms with Crippen LogP contribution in [0.3, 0.4) is 0 Å². The van der Waals surface area contributed by atoms with Crippen LogP contribution in [0.5, 0.6) is 0 Å². The second-order valence-corrected chi connectivity index (χ2v) is 9.35. The topological polar surface area (TPSA) is 75.3 Å². The summed E-state index contributed by atoms with van der Waals surface area (Å²) in [5, 5.41) is 2.86. The van der Waals surface area contributed by atoms with Gasteiger partial charge in [0.2, 0.25) is 0 Å². The minimum absolute atomic E-state index is 0.169. The second-order valence-electron chi connectivity index (χ2n) is 6.81. The van der Waals surface area contributed by atoms with Crippen molar-refractivity contribution in [2.75, 3.05) is 10.0 Å². The number of halogens is 1. The molecule has 0 fully saturated rings. The number of nitrogens with one attached hydrogen (secondary N) is 2. The molecule has 0 unspecified atom stereocenters. The zero-order valence-electron chi connectivity index (χ0n) is 16.3. The van der Waals surface area contributed by atoms with Crippen molar-refractivity contribution in [3.05, 3.63) is 87.4 Å². The predicted octanol–water partition coefficient (Wildman–Crippen LogP) is 5.43. The smallest absolute Gasteiger partial charge is 0.261 e. The molecule has 5 nitrogen and oxygen atoms in total. The molecule has 29 heavy (non-hydrogen) atoms. The average Bonchev–Trinajstić information content (AvgIpc) is 2.66. The van der Waals surface area contributed by atoms with Gasteiger partial charge in [0, 0.05) is 15.7 Å². The van der Waals surface area contributed by atoms with E-state index in [1.54, 1.807) is 55.5 Å². The SMILES string of the molecule is Cc1ccc(S(=O)(=O)Nc2cccc(C(=O)Nc3ccc(Br)c(C)c3)c2C)cc1. The summed E-state index contributed by atoms with van der Waals surface area (Å²) in [5.41, 5.74) is 3.95. The van der Waals surface area contributed by atoms with E-state index < -0.39 is 10.0 Å². The highest BCUT2D eigenvalue weighted by atomic mass is 79.9. The molecule has 0 spiro atoms. The van der Waals surface area contributed by atoms with Crippen molar-refractivity contribution in [3.8, 4) is 0 Å². The molecule has 3 rings (SSSR count). The van der Waals surface area contributed by atoms with Crippen molar-refractivity contribution in [3.63, 3.8) is 0 Å². The molecule has 0 atom stereocenters. The lowest BCUT2D eigenvalue weighted by Crippen LogP contribution is -2.17. The van der Waals surface area contributed by atoms with E-state index in [-0.39, 0.29) is 10.8 Å². The first-order valence-corrected chi connectivity index (χ1v) is 11.2. The highest BCUT2D eigenvalue weighted by molar-refractivity contribution is 9.10. The maximum absolute atomic E-state index is 12.8. The van der Waals surface area contributed by atoms with Crippen molar-refractivity contribution >= 4 is 43.2 Å². The highest BCUT2D eigenvalue weighted by Gasteiger charge is 2.18. The molecule has 0 aliphatic rings. The lowest BCUT2D eigenvalue weighted by Gasteiger charge is -2.14. The molecule has 1 amide bonds. The Morgan fingerprint density at radius 3 is 2.28 bits per heavy atom. The fourth-order valence-corrected chi connectivity index (χ4v) is 4.20. The van der Waals surface area contributed by atoms with Gasteiger partial charge in [0.25, 0.3) is 15.9 Å². The van der Waals surface area contributed by atoms with Crippen LogP contribution in [0.25, 0.3) is 0 Å². The van der Waals surface area contributed by atoms with Crippen LogP contribution in [0.1, 0.15) is 27.0 Å². The van der Waals surface area contributed by atoms with E-state index >= 15 is 0 Å². The fraction of sp³-hybridized carbons (Fsp3) is 0.136. The molecule has 2 N–H and O–H groups in total. The Kier molecular flexibility index (Phi) is 6.10. The summed E-state index contributed by atoms with van der Waals surface area (Å²) < 4.78 is 28.9. The first kappa shape index (κ1) is 21.1. The molecule has 7 heteroatoms. The van der Waals surface area contributed by atoms with Gasteiger partial charge < -0.3 is 5.32 Å². The monoisotopic (exact) mass is 472 g/mol. The first-order valence-electron chi connectivity index (χ1n) is 8.94. The van der Waals surface area contributed by atoms with Gasteiger partial charge >= 0.3 is 0 Å². The average molecular weight is 473 g/mol. The molecule has 0 aliphatic heterocycles. The third-order valence-electron chi connectivity index (χ3n) is 4.57. The lowest BCUT2D eigenvalue weighted by molar-refractivity contribution is 0.102. The van der Waals surface area contributed by atoms with Gasteiger partial charge in [-0.25, -0.2) is 8.42 Å². The molecule has 0 aliphatic carbocycles. The van der Waals surface area contributed by atoms with Crippen molar-refractivity contribution in [2.45, 2.75) is 25.7 Å². The zero-order valence-corrected chi connectivity index (χ0v) is 18.7. The zero-order chi connectivity index (χ0) is 21.2. The Bertz CT molecular complexity index is 1170. The number of amides is 1. The normalized spacial score (nSPS) is 11.2. The summed E-state index contributed by atoms with van der Waals surface area (Å²) in [5.74, 6) is -0.305. The largest absolute Gasteiger partial charge is 0.322 e. The van der Waals surface area contributed by atoms with Gasteiger partial charge in [-0.05, 0) is 74.4 Å². The fourth-order valence-electron chi connectivity index (χ4n) is 2.83. The third-order valence-corrected chi connectivity index (χ3v) is 6.84. The molecule has 0 bridgehead atoms. The molecule has 150 valence electrons. The number of anilines is 2. The molecule has 0 saturated carbocycles. The predicted molar refractivity (Wildman–Crippen MR) is 120 cm³/mol. The first-order chi connectivity index (χ1) is 13.7. The van der Waals surface area contributed by atoms with E-state index in [1.807, 2.05) is 26.0 Å². The van der Waals surface area contributed by atoms with Gasteiger partial charge in [0.15, 0.2) is 0 Å². The Labute approximate surface area is 179 Å².